The van der Waals surface area contributed by atoms with Crippen molar-refractivity contribution in [2.24, 2.45) is 5.10 Å². The third-order valence-corrected chi connectivity index (χ3v) is 3.13. The Morgan fingerprint density at radius 1 is 1.25 bits per heavy atom. The van der Waals surface area contributed by atoms with E-state index < -0.39 is 18.5 Å². The Balaban J connectivity index is 1.99. The number of carbonyl (C=O) groups is 2. The Morgan fingerprint density at radius 3 is 2.67 bits per heavy atom. The SMILES string of the molecule is O=C(O)COc1ccc(/C=N/NC(=O)c2ccccc2O)cc1Cl. The van der Waals surface area contributed by atoms with Crippen molar-refractivity contribution in [2.45, 2.75) is 0 Å². The zero-order chi connectivity index (χ0) is 17.5. The molecule has 0 saturated carbocycles. The third kappa shape index (κ3) is 4.72. The van der Waals surface area contributed by atoms with E-state index in [2.05, 4.69) is 10.5 Å². The van der Waals surface area contributed by atoms with Crippen LogP contribution in [0, 0.1) is 0 Å². The van der Waals surface area contributed by atoms with Crippen LogP contribution < -0.4 is 10.2 Å². The molecule has 2 aromatic rings. The average molecular weight is 349 g/mol. The van der Waals surface area contributed by atoms with E-state index in [1.54, 1.807) is 18.2 Å². The minimum atomic E-state index is -1.11. The number of hydrogen-bond acceptors (Lipinski definition) is 5. The van der Waals surface area contributed by atoms with Gasteiger partial charge < -0.3 is 14.9 Å². The Labute approximate surface area is 142 Å². The van der Waals surface area contributed by atoms with Crippen molar-refractivity contribution in [1.82, 2.24) is 5.43 Å². The molecule has 0 heterocycles. The maximum atomic E-state index is 11.8. The van der Waals surface area contributed by atoms with E-state index in [9.17, 15) is 14.7 Å². The summed E-state index contributed by atoms with van der Waals surface area (Å²) in [5, 5.41) is 22.1. The van der Waals surface area contributed by atoms with Gasteiger partial charge in [-0.25, -0.2) is 10.2 Å². The maximum Gasteiger partial charge on any atom is 0.341 e. The van der Waals surface area contributed by atoms with Crippen molar-refractivity contribution in [1.29, 1.82) is 0 Å². The highest BCUT2D eigenvalue weighted by Gasteiger charge is 2.09. The summed E-state index contributed by atoms with van der Waals surface area (Å²) in [7, 11) is 0. The first-order valence-corrected chi connectivity index (χ1v) is 7.10. The molecule has 0 unspecified atom stereocenters. The summed E-state index contributed by atoms with van der Waals surface area (Å²) in [4.78, 5) is 22.3. The Bertz CT molecular complexity index is 792. The molecular weight excluding hydrogens is 336 g/mol. The molecule has 0 fully saturated rings. The lowest BCUT2D eigenvalue weighted by molar-refractivity contribution is -0.139. The minimum Gasteiger partial charge on any atom is -0.507 e. The van der Waals surface area contributed by atoms with E-state index in [4.69, 9.17) is 21.4 Å². The van der Waals surface area contributed by atoms with E-state index in [0.29, 0.717) is 5.56 Å². The molecule has 2 aromatic carbocycles. The predicted octanol–water partition coefficient (Wildman–Crippen LogP) is 2.27. The number of nitrogens with zero attached hydrogens (tertiary/aromatic N) is 1. The van der Waals surface area contributed by atoms with E-state index in [-0.39, 0.29) is 22.1 Å². The van der Waals surface area contributed by atoms with Gasteiger partial charge in [0.2, 0.25) is 0 Å². The summed E-state index contributed by atoms with van der Waals surface area (Å²) in [6, 6.07) is 10.7. The van der Waals surface area contributed by atoms with Gasteiger partial charge in [-0.05, 0) is 35.9 Å². The molecule has 0 bridgehead atoms. The summed E-state index contributed by atoms with van der Waals surface area (Å²) in [6.07, 6.45) is 1.35. The molecule has 0 aliphatic heterocycles. The molecular formula is C16H13ClN2O5. The summed E-state index contributed by atoms with van der Waals surface area (Å²) < 4.78 is 4.99. The topological polar surface area (TPSA) is 108 Å². The standard InChI is InChI=1S/C16H13ClN2O5/c17-12-7-10(5-6-14(12)24-9-15(21)22)8-18-19-16(23)11-3-1-2-4-13(11)20/h1-8,20H,9H2,(H,19,23)(H,21,22)/b18-8+. The van der Waals surface area contributed by atoms with Crippen LogP contribution in [-0.2, 0) is 4.79 Å². The highest BCUT2D eigenvalue weighted by molar-refractivity contribution is 6.32. The molecule has 0 saturated heterocycles. The second-order valence-corrected chi connectivity index (χ2v) is 5.00. The van der Waals surface area contributed by atoms with Crippen LogP contribution in [0.2, 0.25) is 5.02 Å². The van der Waals surface area contributed by atoms with Gasteiger partial charge in [-0.15, -0.1) is 0 Å². The van der Waals surface area contributed by atoms with Gasteiger partial charge in [0.05, 0.1) is 16.8 Å². The largest absolute Gasteiger partial charge is 0.507 e. The Hall–Kier alpha value is -3.06. The Kier molecular flexibility index (Phi) is 5.75. The smallest absolute Gasteiger partial charge is 0.341 e. The number of carboxylic acid groups (broad SMARTS) is 1. The maximum absolute atomic E-state index is 11.8. The second-order valence-electron chi connectivity index (χ2n) is 4.59. The average Bonchev–Trinajstić information content (AvgIpc) is 2.54. The molecule has 8 heteroatoms. The molecule has 24 heavy (non-hydrogen) atoms. The number of hydrazone groups is 1. The Morgan fingerprint density at radius 2 is 2.00 bits per heavy atom. The van der Waals surface area contributed by atoms with Crippen LogP contribution in [0.25, 0.3) is 0 Å². The van der Waals surface area contributed by atoms with Crippen molar-refractivity contribution in [3.8, 4) is 11.5 Å². The predicted molar refractivity (Wildman–Crippen MR) is 87.7 cm³/mol. The first-order chi connectivity index (χ1) is 11.5. The number of halogens is 1. The van der Waals surface area contributed by atoms with Crippen LogP contribution in [-0.4, -0.2) is 34.9 Å². The molecule has 3 N–H and O–H groups in total. The van der Waals surface area contributed by atoms with Gasteiger partial charge in [0.1, 0.15) is 11.5 Å². The van der Waals surface area contributed by atoms with Gasteiger partial charge >= 0.3 is 5.97 Å². The normalized spacial score (nSPS) is 10.5. The first kappa shape index (κ1) is 17.3. The van der Waals surface area contributed by atoms with Gasteiger partial charge in [0.25, 0.3) is 5.91 Å². The number of phenolic OH excluding ortho intramolecular Hbond substituents is 1. The van der Waals surface area contributed by atoms with E-state index in [0.717, 1.165) is 0 Å². The lowest BCUT2D eigenvalue weighted by Crippen LogP contribution is -2.17. The van der Waals surface area contributed by atoms with Crippen molar-refractivity contribution in [3.63, 3.8) is 0 Å². The van der Waals surface area contributed by atoms with Gasteiger partial charge in [-0.2, -0.15) is 5.10 Å². The van der Waals surface area contributed by atoms with Crippen molar-refractivity contribution in [3.05, 3.63) is 58.6 Å². The summed E-state index contributed by atoms with van der Waals surface area (Å²) in [5.74, 6) is -1.58. The number of carbonyl (C=O) groups excluding carboxylic acids is 1. The fourth-order valence-corrected chi connectivity index (χ4v) is 1.99. The molecule has 1 amide bonds. The zero-order valence-corrected chi connectivity index (χ0v) is 13.0. The van der Waals surface area contributed by atoms with Crippen LogP contribution in [0.4, 0.5) is 0 Å². The summed E-state index contributed by atoms with van der Waals surface area (Å²) in [5.41, 5.74) is 2.95. The number of aromatic hydroxyl groups is 1. The number of amides is 1. The number of para-hydroxylation sites is 1. The van der Waals surface area contributed by atoms with Crippen LogP contribution in [0.1, 0.15) is 15.9 Å². The molecule has 0 aromatic heterocycles. The number of carboxylic acids is 1. The molecule has 0 aliphatic rings. The third-order valence-electron chi connectivity index (χ3n) is 2.84. The number of phenols is 1. The zero-order valence-electron chi connectivity index (χ0n) is 12.3. The molecule has 2 rings (SSSR count). The molecule has 124 valence electrons. The number of nitrogens with one attached hydrogen (secondary N) is 1. The van der Waals surface area contributed by atoms with Gasteiger partial charge in [0, 0.05) is 0 Å². The molecule has 7 nitrogen and oxygen atoms in total. The van der Waals surface area contributed by atoms with E-state index >= 15 is 0 Å². The van der Waals surface area contributed by atoms with Crippen LogP contribution in [0.5, 0.6) is 11.5 Å². The number of benzene rings is 2. The molecule has 0 aliphatic carbocycles. The molecule has 0 radical (unpaired) electrons. The number of ether oxygens (including phenoxy) is 1. The summed E-state index contributed by atoms with van der Waals surface area (Å²) in [6.45, 7) is -0.496. The highest BCUT2D eigenvalue weighted by Crippen LogP contribution is 2.24. The quantitative estimate of drug-likeness (QED) is 0.548. The van der Waals surface area contributed by atoms with Crippen LogP contribution in [0.15, 0.2) is 47.6 Å². The highest BCUT2D eigenvalue weighted by atomic mass is 35.5. The van der Waals surface area contributed by atoms with Crippen LogP contribution in [0.3, 0.4) is 0 Å². The van der Waals surface area contributed by atoms with Gasteiger partial charge in [-0.1, -0.05) is 23.7 Å². The van der Waals surface area contributed by atoms with Gasteiger partial charge in [0.15, 0.2) is 6.61 Å². The minimum absolute atomic E-state index is 0.102. The van der Waals surface area contributed by atoms with Crippen molar-refractivity contribution in [2.75, 3.05) is 6.61 Å². The fraction of sp³-hybridized carbons (Fsp3) is 0.0625. The number of hydrogen-bond donors (Lipinski definition) is 3. The monoisotopic (exact) mass is 348 g/mol. The molecule has 0 spiro atoms. The lowest BCUT2D eigenvalue weighted by atomic mass is 10.2. The van der Waals surface area contributed by atoms with Crippen molar-refractivity contribution < 1.29 is 24.5 Å². The fourth-order valence-electron chi connectivity index (χ4n) is 1.75. The first-order valence-electron chi connectivity index (χ1n) is 6.73. The number of aliphatic carboxylic acids is 1. The second kappa shape index (κ2) is 7.98. The summed E-state index contributed by atoms with van der Waals surface area (Å²) >= 11 is 5.97. The number of rotatable bonds is 6. The van der Waals surface area contributed by atoms with E-state index in [1.807, 2.05) is 0 Å². The lowest BCUT2D eigenvalue weighted by Gasteiger charge is -2.06. The van der Waals surface area contributed by atoms with E-state index in [1.165, 1.54) is 30.5 Å². The van der Waals surface area contributed by atoms with Crippen molar-refractivity contribution >= 4 is 29.7 Å². The molecule has 0 atom stereocenters. The van der Waals surface area contributed by atoms with Gasteiger partial charge in [-0.3, -0.25) is 4.79 Å². The van der Waals surface area contributed by atoms with Crippen LogP contribution >= 0.6 is 11.6 Å².